The first-order chi connectivity index (χ1) is 7.70. The van der Waals surface area contributed by atoms with Gasteiger partial charge in [-0.1, -0.05) is 29.7 Å². The van der Waals surface area contributed by atoms with E-state index < -0.39 is 0 Å². The lowest BCUT2D eigenvalue weighted by atomic mass is 10.2. The third-order valence-electron chi connectivity index (χ3n) is 2.45. The van der Waals surface area contributed by atoms with Crippen molar-refractivity contribution in [2.24, 2.45) is 5.11 Å². The molecule has 0 aliphatic heterocycles. The summed E-state index contributed by atoms with van der Waals surface area (Å²) in [7, 11) is 0. The Hall–Kier alpha value is -1.64. The number of azide groups is 1. The number of aromatic nitrogens is 1. The van der Waals surface area contributed by atoms with Crippen LogP contribution in [-0.2, 0) is 6.54 Å². The topological polar surface area (TPSA) is 53.7 Å². The molecular weight excluding hydrogens is 224 g/mol. The van der Waals surface area contributed by atoms with Crippen molar-refractivity contribution in [3.05, 3.63) is 45.9 Å². The van der Waals surface area contributed by atoms with E-state index >= 15 is 0 Å². The molecule has 0 radical (unpaired) electrons. The molecule has 0 amide bonds. The smallest absolute Gasteiger partial charge is 0.0525 e. The van der Waals surface area contributed by atoms with E-state index in [0.717, 1.165) is 10.9 Å². The largest absolute Gasteiger partial charge is 0.347 e. The first-order valence-electron chi connectivity index (χ1n) is 4.99. The van der Waals surface area contributed by atoms with Crippen molar-refractivity contribution in [3.63, 3.8) is 0 Å². The maximum atomic E-state index is 8.35. The van der Waals surface area contributed by atoms with Gasteiger partial charge in [0.1, 0.15) is 0 Å². The summed E-state index contributed by atoms with van der Waals surface area (Å²) in [5, 5.41) is 5.50. The fourth-order valence-electron chi connectivity index (χ4n) is 1.73. The molecule has 1 atom stereocenters. The van der Waals surface area contributed by atoms with E-state index in [0.29, 0.717) is 11.6 Å². The molecule has 16 heavy (non-hydrogen) atoms. The molecule has 1 aromatic heterocycles. The summed E-state index contributed by atoms with van der Waals surface area (Å²) >= 11 is 5.95. The van der Waals surface area contributed by atoms with Gasteiger partial charge in [-0.05, 0) is 29.1 Å². The Morgan fingerprint density at radius 1 is 1.50 bits per heavy atom. The van der Waals surface area contributed by atoms with E-state index in [1.54, 1.807) is 0 Å². The summed E-state index contributed by atoms with van der Waals surface area (Å²) in [6.07, 6.45) is 1.98. The second kappa shape index (κ2) is 4.47. The normalized spacial score (nSPS) is 12.4. The molecule has 0 N–H and O–H groups in total. The van der Waals surface area contributed by atoms with Gasteiger partial charge in [-0.25, -0.2) is 0 Å². The Labute approximate surface area is 98.1 Å². The summed E-state index contributed by atoms with van der Waals surface area (Å²) in [5.41, 5.74) is 9.41. The summed E-state index contributed by atoms with van der Waals surface area (Å²) in [5.74, 6) is 0. The van der Waals surface area contributed by atoms with Gasteiger partial charge in [0.2, 0.25) is 0 Å². The minimum Gasteiger partial charge on any atom is -0.347 e. The molecule has 0 saturated heterocycles. The van der Waals surface area contributed by atoms with Crippen LogP contribution in [0.5, 0.6) is 0 Å². The van der Waals surface area contributed by atoms with Gasteiger partial charge in [0, 0.05) is 28.2 Å². The van der Waals surface area contributed by atoms with Crippen molar-refractivity contribution in [3.8, 4) is 0 Å². The van der Waals surface area contributed by atoms with Gasteiger partial charge in [0.15, 0.2) is 0 Å². The van der Waals surface area contributed by atoms with Gasteiger partial charge in [-0.15, -0.1) is 0 Å². The standard InChI is InChI=1S/C11H11ClN4/c1-8(14-15-13)7-16-5-4-9-2-3-10(12)6-11(9)16/h2-6,8H,7H2,1H3. The highest BCUT2D eigenvalue weighted by Gasteiger charge is 2.04. The average molecular weight is 235 g/mol. The first kappa shape index (κ1) is 10.9. The Balaban J connectivity index is 2.37. The van der Waals surface area contributed by atoms with Crippen molar-refractivity contribution >= 4 is 22.5 Å². The molecule has 0 saturated carbocycles. The van der Waals surface area contributed by atoms with E-state index in [-0.39, 0.29) is 6.04 Å². The lowest BCUT2D eigenvalue weighted by Gasteiger charge is -2.08. The van der Waals surface area contributed by atoms with E-state index in [1.807, 2.05) is 42.0 Å². The van der Waals surface area contributed by atoms with Crippen LogP contribution < -0.4 is 0 Å². The van der Waals surface area contributed by atoms with Crippen LogP contribution in [0.15, 0.2) is 35.6 Å². The minimum atomic E-state index is -0.0698. The molecular formula is C11H11ClN4. The summed E-state index contributed by atoms with van der Waals surface area (Å²) in [4.78, 5) is 2.80. The number of nitrogens with zero attached hydrogens (tertiary/aromatic N) is 4. The Bertz CT molecular complexity index is 554. The van der Waals surface area contributed by atoms with Crippen LogP contribution >= 0.6 is 11.6 Å². The van der Waals surface area contributed by atoms with Crippen molar-refractivity contribution < 1.29 is 0 Å². The van der Waals surface area contributed by atoms with Crippen molar-refractivity contribution in [2.45, 2.75) is 19.5 Å². The second-order valence-corrected chi connectivity index (χ2v) is 4.16. The van der Waals surface area contributed by atoms with Gasteiger partial charge in [-0.3, -0.25) is 0 Å². The third-order valence-corrected chi connectivity index (χ3v) is 2.68. The predicted octanol–water partition coefficient (Wildman–Crippen LogP) is 3.99. The molecule has 0 spiro atoms. The average Bonchev–Trinajstić information content (AvgIpc) is 2.61. The maximum Gasteiger partial charge on any atom is 0.0525 e. The van der Waals surface area contributed by atoms with Gasteiger partial charge < -0.3 is 4.57 Å². The summed E-state index contributed by atoms with van der Waals surface area (Å²) < 4.78 is 2.04. The lowest BCUT2D eigenvalue weighted by molar-refractivity contribution is 0.602. The Morgan fingerprint density at radius 3 is 3.06 bits per heavy atom. The highest BCUT2D eigenvalue weighted by molar-refractivity contribution is 6.31. The van der Waals surface area contributed by atoms with Crippen molar-refractivity contribution in [1.29, 1.82) is 0 Å². The zero-order valence-corrected chi connectivity index (χ0v) is 9.59. The molecule has 1 unspecified atom stereocenters. The second-order valence-electron chi connectivity index (χ2n) is 3.73. The Kier molecular flexibility index (Phi) is 3.04. The van der Waals surface area contributed by atoms with E-state index in [2.05, 4.69) is 10.0 Å². The SMILES string of the molecule is CC(Cn1ccc2ccc(Cl)cc21)N=[N+]=[N-]. The number of rotatable bonds is 3. The molecule has 0 fully saturated rings. The fraction of sp³-hybridized carbons (Fsp3) is 0.273. The van der Waals surface area contributed by atoms with E-state index in [1.165, 1.54) is 0 Å². The highest BCUT2D eigenvalue weighted by Crippen LogP contribution is 2.20. The van der Waals surface area contributed by atoms with Gasteiger partial charge in [0.05, 0.1) is 6.04 Å². The monoisotopic (exact) mass is 234 g/mol. The summed E-state index contributed by atoms with van der Waals surface area (Å²) in [6.45, 7) is 2.55. The third kappa shape index (κ3) is 2.13. The first-order valence-corrected chi connectivity index (χ1v) is 5.37. The van der Waals surface area contributed by atoms with Gasteiger partial charge >= 0.3 is 0 Å². The van der Waals surface area contributed by atoms with Gasteiger partial charge in [-0.2, -0.15) is 0 Å². The van der Waals surface area contributed by atoms with E-state index in [9.17, 15) is 0 Å². The van der Waals surface area contributed by atoms with Crippen LogP contribution in [0.3, 0.4) is 0 Å². The minimum absolute atomic E-state index is 0.0698. The fourth-order valence-corrected chi connectivity index (χ4v) is 1.89. The number of benzene rings is 1. The van der Waals surface area contributed by atoms with Gasteiger partial charge in [0.25, 0.3) is 0 Å². The van der Waals surface area contributed by atoms with Crippen LogP contribution in [0.25, 0.3) is 21.3 Å². The van der Waals surface area contributed by atoms with Crippen LogP contribution in [-0.4, -0.2) is 10.6 Å². The van der Waals surface area contributed by atoms with Crippen LogP contribution in [0.2, 0.25) is 5.02 Å². The number of fused-ring (bicyclic) bond motifs is 1. The molecule has 4 nitrogen and oxygen atoms in total. The number of hydrogen-bond acceptors (Lipinski definition) is 1. The predicted molar refractivity (Wildman–Crippen MR) is 65.6 cm³/mol. The molecule has 2 rings (SSSR count). The van der Waals surface area contributed by atoms with Crippen LogP contribution in [0, 0.1) is 0 Å². The van der Waals surface area contributed by atoms with Crippen LogP contribution in [0.4, 0.5) is 0 Å². The van der Waals surface area contributed by atoms with Crippen LogP contribution in [0.1, 0.15) is 6.92 Å². The highest BCUT2D eigenvalue weighted by atomic mass is 35.5. The maximum absolute atomic E-state index is 8.35. The van der Waals surface area contributed by atoms with Crippen molar-refractivity contribution in [1.82, 2.24) is 4.57 Å². The molecule has 0 aliphatic carbocycles. The molecule has 82 valence electrons. The summed E-state index contributed by atoms with van der Waals surface area (Å²) in [6, 6.07) is 7.71. The molecule has 1 aromatic carbocycles. The number of halogens is 1. The van der Waals surface area contributed by atoms with E-state index in [4.69, 9.17) is 17.1 Å². The molecule has 2 aromatic rings. The zero-order valence-electron chi connectivity index (χ0n) is 8.84. The molecule has 0 bridgehead atoms. The lowest BCUT2D eigenvalue weighted by Crippen LogP contribution is -2.08. The number of hydrogen-bond donors (Lipinski definition) is 0. The Morgan fingerprint density at radius 2 is 2.31 bits per heavy atom. The molecule has 5 heteroatoms. The quantitative estimate of drug-likeness (QED) is 0.438. The zero-order chi connectivity index (χ0) is 11.5. The van der Waals surface area contributed by atoms with Crippen molar-refractivity contribution in [2.75, 3.05) is 0 Å². The molecule has 1 heterocycles. The molecule has 0 aliphatic rings.